The van der Waals surface area contributed by atoms with Gasteiger partial charge < -0.3 is 17.0 Å². The molecule has 0 bridgehead atoms. The minimum absolute atomic E-state index is 0. The number of rotatable bonds is 1. The van der Waals surface area contributed by atoms with E-state index in [1.807, 2.05) is 6.92 Å². The van der Waals surface area contributed by atoms with Gasteiger partial charge in [-0.3, -0.25) is 0 Å². The second kappa shape index (κ2) is 4.88. The summed E-state index contributed by atoms with van der Waals surface area (Å²) in [5.74, 6) is 0. The third kappa shape index (κ3) is 9.11. The van der Waals surface area contributed by atoms with Crippen LogP contribution in [0.4, 0.5) is 0 Å². The molecule has 0 aliphatic rings. The van der Waals surface area contributed by atoms with Crippen LogP contribution in [0.3, 0.4) is 0 Å². The summed E-state index contributed by atoms with van der Waals surface area (Å²) in [6.45, 7) is 1.82. The van der Waals surface area contributed by atoms with Gasteiger partial charge in [-0.25, -0.2) is 0 Å². The van der Waals surface area contributed by atoms with Crippen LogP contribution >= 0.6 is 0 Å². The van der Waals surface area contributed by atoms with Crippen molar-refractivity contribution in [3.8, 4) is 0 Å². The smallest absolute Gasteiger partial charge is 0.102 e. The minimum Gasteiger partial charge on any atom is -0.379 e. The SMILES string of the molecule is CCC(N)O.N. The molecule has 6 heavy (non-hydrogen) atoms. The summed E-state index contributed by atoms with van der Waals surface area (Å²) in [6, 6.07) is 0. The molecule has 3 heteroatoms. The Morgan fingerprint density at radius 1 is 1.83 bits per heavy atom. The molecule has 0 aliphatic heterocycles. The molecular weight excluding hydrogens is 80.0 g/mol. The molecule has 0 saturated carbocycles. The van der Waals surface area contributed by atoms with Crippen LogP contribution in [0.5, 0.6) is 0 Å². The first kappa shape index (κ1) is 9.30. The fourth-order valence-corrected chi connectivity index (χ4v) is 0. The Hall–Kier alpha value is -0.120. The zero-order chi connectivity index (χ0) is 4.28. The predicted molar refractivity (Wildman–Crippen MR) is 25.5 cm³/mol. The monoisotopic (exact) mass is 92.1 g/mol. The largest absolute Gasteiger partial charge is 0.379 e. The van der Waals surface area contributed by atoms with E-state index in [0.29, 0.717) is 6.42 Å². The zero-order valence-corrected chi connectivity index (χ0v) is 4.02. The second-order valence-corrected chi connectivity index (χ2v) is 0.976. The Morgan fingerprint density at radius 2 is 2.00 bits per heavy atom. The molecule has 0 saturated heterocycles. The molecule has 0 spiro atoms. The normalized spacial score (nSPS) is 12.5. The Kier molecular flexibility index (Phi) is 7.57. The highest BCUT2D eigenvalue weighted by Crippen LogP contribution is 1.72. The minimum atomic E-state index is -0.616. The lowest BCUT2D eigenvalue weighted by molar-refractivity contribution is 0.178. The Balaban J connectivity index is 0. The summed E-state index contributed by atoms with van der Waals surface area (Å²) in [7, 11) is 0. The molecule has 0 aromatic carbocycles. The van der Waals surface area contributed by atoms with E-state index >= 15 is 0 Å². The van der Waals surface area contributed by atoms with E-state index in [2.05, 4.69) is 0 Å². The summed E-state index contributed by atoms with van der Waals surface area (Å²) in [4.78, 5) is 0. The Labute approximate surface area is 37.7 Å². The molecule has 0 aliphatic carbocycles. The van der Waals surface area contributed by atoms with Gasteiger partial charge in [0.2, 0.25) is 0 Å². The first-order valence-corrected chi connectivity index (χ1v) is 1.71. The molecule has 6 N–H and O–H groups in total. The Morgan fingerprint density at radius 3 is 2.00 bits per heavy atom. The maximum atomic E-state index is 8.14. The lowest BCUT2D eigenvalue weighted by atomic mass is 10.5. The van der Waals surface area contributed by atoms with E-state index < -0.39 is 6.23 Å². The number of nitrogens with two attached hydrogens (primary N) is 1. The van der Waals surface area contributed by atoms with Gasteiger partial charge in [0.1, 0.15) is 6.23 Å². The fourth-order valence-electron chi connectivity index (χ4n) is 0. The maximum absolute atomic E-state index is 8.14. The van der Waals surface area contributed by atoms with Crippen molar-refractivity contribution in [1.82, 2.24) is 6.15 Å². The molecule has 0 radical (unpaired) electrons. The number of hydrogen-bond donors (Lipinski definition) is 3. The molecule has 40 valence electrons. The molecule has 0 heterocycles. The van der Waals surface area contributed by atoms with Crippen LogP contribution in [0.25, 0.3) is 0 Å². The van der Waals surface area contributed by atoms with Gasteiger partial charge in [0, 0.05) is 0 Å². The first-order valence-electron chi connectivity index (χ1n) is 1.71. The average Bonchev–Trinajstić information content (AvgIpc) is 1.38. The van der Waals surface area contributed by atoms with Crippen molar-refractivity contribution in [2.75, 3.05) is 0 Å². The zero-order valence-electron chi connectivity index (χ0n) is 4.02. The molecule has 0 rings (SSSR count). The number of aliphatic hydroxyl groups is 1. The molecule has 0 fully saturated rings. The molecule has 1 unspecified atom stereocenters. The maximum Gasteiger partial charge on any atom is 0.102 e. The third-order valence-electron chi connectivity index (χ3n) is 0.418. The van der Waals surface area contributed by atoms with Crippen LogP contribution < -0.4 is 11.9 Å². The van der Waals surface area contributed by atoms with Gasteiger partial charge in [-0.05, 0) is 6.42 Å². The lowest BCUT2D eigenvalue weighted by Crippen LogP contribution is -2.16. The van der Waals surface area contributed by atoms with Gasteiger partial charge in [0.25, 0.3) is 0 Å². The van der Waals surface area contributed by atoms with Gasteiger partial charge >= 0.3 is 0 Å². The number of aliphatic hydroxyl groups excluding tert-OH is 1. The number of hydrogen-bond acceptors (Lipinski definition) is 3. The van der Waals surface area contributed by atoms with E-state index in [-0.39, 0.29) is 6.15 Å². The first-order chi connectivity index (χ1) is 2.27. The van der Waals surface area contributed by atoms with E-state index in [9.17, 15) is 0 Å². The molecular formula is C3H12N2O. The van der Waals surface area contributed by atoms with E-state index in [4.69, 9.17) is 10.8 Å². The van der Waals surface area contributed by atoms with Crippen molar-refractivity contribution in [3.63, 3.8) is 0 Å². The summed E-state index contributed by atoms with van der Waals surface area (Å²) in [5.41, 5.74) is 4.85. The van der Waals surface area contributed by atoms with Crippen molar-refractivity contribution in [2.45, 2.75) is 19.6 Å². The van der Waals surface area contributed by atoms with E-state index in [1.165, 1.54) is 0 Å². The topological polar surface area (TPSA) is 81.2 Å². The van der Waals surface area contributed by atoms with Crippen molar-refractivity contribution in [2.24, 2.45) is 5.73 Å². The van der Waals surface area contributed by atoms with Crippen LogP contribution in [0.1, 0.15) is 13.3 Å². The van der Waals surface area contributed by atoms with Crippen LogP contribution in [0.2, 0.25) is 0 Å². The van der Waals surface area contributed by atoms with Gasteiger partial charge in [-0.1, -0.05) is 6.92 Å². The summed E-state index contributed by atoms with van der Waals surface area (Å²) in [5, 5.41) is 8.14. The highest BCUT2D eigenvalue weighted by Gasteiger charge is 1.81. The average molecular weight is 92.1 g/mol. The van der Waals surface area contributed by atoms with E-state index in [1.54, 1.807) is 0 Å². The van der Waals surface area contributed by atoms with Crippen molar-refractivity contribution >= 4 is 0 Å². The van der Waals surface area contributed by atoms with Gasteiger partial charge in [-0.15, -0.1) is 0 Å². The van der Waals surface area contributed by atoms with Gasteiger partial charge in [0.15, 0.2) is 0 Å². The van der Waals surface area contributed by atoms with Crippen LogP contribution in [0.15, 0.2) is 0 Å². The summed E-state index contributed by atoms with van der Waals surface area (Å²) < 4.78 is 0. The fraction of sp³-hybridized carbons (Fsp3) is 1.00. The molecule has 3 nitrogen and oxygen atoms in total. The summed E-state index contributed by atoms with van der Waals surface area (Å²) in [6.07, 6.45) is 0.0231. The quantitative estimate of drug-likeness (QED) is 0.393. The van der Waals surface area contributed by atoms with Gasteiger partial charge in [-0.2, -0.15) is 0 Å². The van der Waals surface area contributed by atoms with Crippen molar-refractivity contribution < 1.29 is 5.11 Å². The van der Waals surface area contributed by atoms with Crippen molar-refractivity contribution in [3.05, 3.63) is 0 Å². The lowest BCUT2D eigenvalue weighted by Gasteiger charge is -1.91. The highest BCUT2D eigenvalue weighted by atomic mass is 16.3. The van der Waals surface area contributed by atoms with Gasteiger partial charge in [0.05, 0.1) is 0 Å². The third-order valence-corrected chi connectivity index (χ3v) is 0.418. The molecule has 1 atom stereocenters. The van der Waals surface area contributed by atoms with Crippen LogP contribution in [-0.2, 0) is 0 Å². The highest BCUT2D eigenvalue weighted by molar-refractivity contribution is 4.31. The predicted octanol–water partition coefficient (Wildman–Crippen LogP) is -0.165. The molecule has 0 aromatic rings. The summed E-state index contributed by atoms with van der Waals surface area (Å²) >= 11 is 0. The van der Waals surface area contributed by atoms with Crippen LogP contribution in [-0.4, -0.2) is 11.3 Å². The molecule has 0 aromatic heterocycles. The van der Waals surface area contributed by atoms with Crippen molar-refractivity contribution in [1.29, 1.82) is 0 Å². The van der Waals surface area contributed by atoms with E-state index in [0.717, 1.165) is 0 Å². The van der Waals surface area contributed by atoms with Crippen LogP contribution in [0, 0.1) is 0 Å². The molecule has 0 amide bonds. The standard InChI is InChI=1S/C3H9NO.H3N/c1-2-3(4)5;/h3,5H,2,4H2,1H3;1H3. The second-order valence-electron chi connectivity index (χ2n) is 0.976. The Bertz CT molecular complexity index is 22.8.